The van der Waals surface area contributed by atoms with Crippen molar-refractivity contribution in [2.75, 3.05) is 6.54 Å². The van der Waals surface area contributed by atoms with Crippen LogP contribution in [-0.4, -0.2) is 32.2 Å². The van der Waals surface area contributed by atoms with E-state index in [0.29, 0.717) is 13.1 Å². The number of aromatic nitrogens is 3. The van der Waals surface area contributed by atoms with Crippen molar-refractivity contribution in [3.05, 3.63) is 11.9 Å². The van der Waals surface area contributed by atoms with Gasteiger partial charge in [0.1, 0.15) is 0 Å². The molecule has 5 nitrogen and oxygen atoms in total. The van der Waals surface area contributed by atoms with E-state index in [1.54, 1.807) is 4.68 Å². The lowest BCUT2D eigenvalue weighted by Crippen LogP contribution is -2.43. The van der Waals surface area contributed by atoms with Crippen LogP contribution in [0.1, 0.15) is 44.7 Å². The van der Waals surface area contributed by atoms with Crippen LogP contribution in [0.15, 0.2) is 6.20 Å². The van der Waals surface area contributed by atoms with Gasteiger partial charge in [-0.15, -0.1) is 5.10 Å². The Morgan fingerprint density at radius 2 is 2.22 bits per heavy atom. The molecule has 0 aliphatic heterocycles. The maximum atomic E-state index is 10.5. The van der Waals surface area contributed by atoms with Gasteiger partial charge in [-0.1, -0.05) is 18.6 Å². The van der Waals surface area contributed by atoms with E-state index in [4.69, 9.17) is 0 Å². The highest BCUT2D eigenvalue weighted by Crippen LogP contribution is 2.33. The fourth-order valence-electron chi connectivity index (χ4n) is 2.70. The second kappa shape index (κ2) is 5.80. The van der Waals surface area contributed by atoms with Crippen molar-refractivity contribution in [3.63, 3.8) is 0 Å². The number of aryl methyl sites for hydroxylation is 1. The van der Waals surface area contributed by atoms with Crippen molar-refractivity contribution >= 4 is 0 Å². The zero-order valence-electron chi connectivity index (χ0n) is 11.4. The van der Waals surface area contributed by atoms with Gasteiger partial charge in [0.25, 0.3) is 0 Å². The van der Waals surface area contributed by atoms with E-state index >= 15 is 0 Å². The summed E-state index contributed by atoms with van der Waals surface area (Å²) in [5.41, 5.74) is 0.400. The molecule has 0 amide bonds. The van der Waals surface area contributed by atoms with E-state index in [0.717, 1.165) is 37.3 Å². The van der Waals surface area contributed by atoms with Gasteiger partial charge in [-0.05, 0) is 31.6 Å². The van der Waals surface area contributed by atoms with Crippen molar-refractivity contribution in [2.45, 2.75) is 51.2 Å². The van der Waals surface area contributed by atoms with Crippen LogP contribution in [0, 0.1) is 5.92 Å². The summed E-state index contributed by atoms with van der Waals surface area (Å²) in [7, 11) is 1.86. The Labute approximate surface area is 109 Å². The van der Waals surface area contributed by atoms with Gasteiger partial charge in [-0.2, -0.15) is 0 Å². The van der Waals surface area contributed by atoms with Crippen molar-refractivity contribution < 1.29 is 5.11 Å². The summed E-state index contributed by atoms with van der Waals surface area (Å²) in [6.45, 7) is 3.56. The predicted molar refractivity (Wildman–Crippen MR) is 69.9 cm³/mol. The molecule has 0 saturated heterocycles. The summed E-state index contributed by atoms with van der Waals surface area (Å²) >= 11 is 0. The van der Waals surface area contributed by atoms with Crippen LogP contribution in [0.25, 0.3) is 0 Å². The Balaban J connectivity index is 1.73. The van der Waals surface area contributed by atoms with E-state index in [2.05, 4.69) is 22.6 Å². The van der Waals surface area contributed by atoms with E-state index in [-0.39, 0.29) is 0 Å². The molecule has 2 N–H and O–H groups in total. The van der Waals surface area contributed by atoms with Gasteiger partial charge >= 0.3 is 0 Å². The topological polar surface area (TPSA) is 63.0 Å². The van der Waals surface area contributed by atoms with Crippen LogP contribution in [0.2, 0.25) is 0 Å². The highest BCUT2D eigenvalue weighted by molar-refractivity contribution is 4.93. The summed E-state index contributed by atoms with van der Waals surface area (Å²) in [6, 6.07) is 0. The molecule has 18 heavy (non-hydrogen) atoms. The van der Waals surface area contributed by atoms with Gasteiger partial charge in [-0.3, -0.25) is 4.68 Å². The minimum absolute atomic E-state index is 0.520. The van der Waals surface area contributed by atoms with Crippen LogP contribution < -0.4 is 5.32 Å². The van der Waals surface area contributed by atoms with E-state index in [9.17, 15) is 5.11 Å². The lowest BCUT2D eigenvalue weighted by atomic mass is 9.78. The third-order valence-electron chi connectivity index (χ3n) is 4.02. The molecule has 1 heterocycles. The predicted octanol–water partition coefficient (Wildman–Crippen LogP) is 1.24. The molecule has 1 saturated carbocycles. The fraction of sp³-hybridized carbons (Fsp3) is 0.846. The van der Waals surface area contributed by atoms with Gasteiger partial charge in [0.2, 0.25) is 0 Å². The first-order valence-corrected chi connectivity index (χ1v) is 6.89. The van der Waals surface area contributed by atoms with E-state index < -0.39 is 5.60 Å². The SMILES string of the molecule is CCC1CCC(O)(CNCc2cn(C)nn2)CC1. The average molecular weight is 252 g/mol. The Bertz CT molecular complexity index is 369. The first-order valence-electron chi connectivity index (χ1n) is 6.89. The maximum absolute atomic E-state index is 10.5. The lowest BCUT2D eigenvalue weighted by Gasteiger charge is -2.35. The molecule has 0 unspecified atom stereocenters. The van der Waals surface area contributed by atoms with Crippen molar-refractivity contribution in [1.82, 2.24) is 20.3 Å². The molecule has 1 aliphatic carbocycles. The van der Waals surface area contributed by atoms with Crippen molar-refractivity contribution in [2.24, 2.45) is 13.0 Å². The number of hydrogen-bond donors (Lipinski definition) is 2. The fourth-order valence-corrected chi connectivity index (χ4v) is 2.70. The third kappa shape index (κ3) is 3.53. The second-order valence-corrected chi connectivity index (χ2v) is 5.56. The number of nitrogens with zero attached hydrogens (tertiary/aromatic N) is 3. The molecule has 0 aromatic carbocycles. The summed E-state index contributed by atoms with van der Waals surface area (Å²) in [5.74, 6) is 0.810. The molecule has 0 radical (unpaired) electrons. The molecule has 1 fully saturated rings. The van der Waals surface area contributed by atoms with Gasteiger partial charge in [0, 0.05) is 26.3 Å². The van der Waals surface area contributed by atoms with Crippen molar-refractivity contribution in [1.29, 1.82) is 0 Å². The summed E-state index contributed by atoms with van der Waals surface area (Å²) in [4.78, 5) is 0. The lowest BCUT2D eigenvalue weighted by molar-refractivity contribution is -0.00886. The number of hydrogen-bond acceptors (Lipinski definition) is 4. The van der Waals surface area contributed by atoms with E-state index in [1.807, 2.05) is 13.2 Å². The summed E-state index contributed by atoms with van der Waals surface area (Å²) in [6.07, 6.45) is 7.27. The molecule has 1 aromatic rings. The van der Waals surface area contributed by atoms with Crippen LogP contribution in [0.3, 0.4) is 0 Å². The van der Waals surface area contributed by atoms with Crippen molar-refractivity contribution in [3.8, 4) is 0 Å². The molecule has 2 rings (SSSR count). The van der Waals surface area contributed by atoms with Crippen LogP contribution >= 0.6 is 0 Å². The Morgan fingerprint density at radius 3 is 2.78 bits per heavy atom. The molecule has 5 heteroatoms. The zero-order chi connectivity index (χ0) is 13.0. The summed E-state index contributed by atoms with van der Waals surface area (Å²) in [5, 5.41) is 21.7. The van der Waals surface area contributed by atoms with Crippen LogP contribution in [0.4, 0.5) is 0 Å². The molecule has 1 aromatic heterocycles. The van der Waals surface area contributed by atoms with Gasteiger partial charge in [-0.25, -0.2) is 0 Å². The average Bonchev–Trinajstić information content (AvgIpc) is 2.76. The monoisotopic (exact) mass is 252 g/mol. The van der Waals surface area contributed by atoms with Crippen LogP contribution in [0.5, 0.6) is 0 Å². The number of rotatable bonds is 5. The highest BCUT2D eigenvalue weighted by atomic mass is 16.3. The van der Waals surface area contributed by atoms with Gasteiger partial charge in [0.15, 0.2) is 0 Å². The normalized spacial score (nSPS) is 28.5. The molecule has 102 valence electrons. The Morgan fingerprint density at radius 1 is 1.50 bits per heavy atom. The third-order valence-corrected chi connectivity index (χ3v) is 4.02. The molecular weight excluding hydrogens is 228 g/mol. The first kappa shape index (κ1) is 13.5. The van der Waals surface area contributed by atoms with Gasteiger partial charge in [0.05, 0.1) is 11.3 Å². The van der Waals surface area contributed by atoms with Gasteiger partial charge < -0.3 is 10.4 Å². The molecule has 0 spiro atoms. The molecule has 0 atom stereocenters. The molecule has 1 aliphatic rings. The quantitative estimate of drug-likeness (QED) is 0.827. The zero-order valence-corrected chi connectivity index (χ0v) is 11.4. The minimum Gasteiger partial charge on any atom is -0.389 e. The first-order chi connectivity index (χ1) is 8.61. The van der Waals surface area contributed by atoms with Crippen LogP contribution in [-0.2, 0) is 13.6 Å². The Kier molecular flexibility index (Phi) is 4.35. The Hall–Kier alpha value is -0.940. The smallest absolute Gasteiger partial charge is 0.0964 e. The minimum atomic E-state index is -0.520. The maximum Gasteiger partial charge on any atom is 0.0964 e. The number of aliphatic hydroxyl groups is 1. The largest absolute Gasteiger partial charge is 0.389 e. The highest BCUT2D eigenvalue weighted by Gasteiger charge is 2.32. The second-order valence-electron chi connectivity index (χ2n) is 5.56. The van der Waals surface area contributed by atoms with E-state index in [1.165, 1.54) is 6.42 Å². The summed E-state index contributed by atoms with van der Waals surface area (Å²) < 4.78 is 1.69. The molecule has 0 bridgehead atoms. The standard InChI is InChI=1S/C13H24N4O/c1-3-11-4-6-13(18,7-5-11)10-14-8-12-9-17(2)16-15-12/h9,11,14,18H,3-8,10H2,1-2H3. The molecular formula is C13H24N4O. The number of nitrogens with one attached hydrogen (secondary N) is 1.